The molecular formula is C15H14Cl2FNO. The van der Waals surface area contributed by atoms with Crippen LogP contribution in [0, 0.1) is 5.82 Å². The maximum absolute atomic E-state index is 13.5. The summed E-state index contributed by atoms with van der Waals surface area (Å²) in [6.07, 6.45) is -0.998. The van der Waals surface area contributed by atoms with Crippen LogP contribution in [-0.2, 0) is 0 Å². The van der Waals surface area contributed by atoms with Crippen LogP contribution in [0.2, 0.25) is 10.0 Å². The van der Waals surface area contributed by atoms with Gasteiger partial charge < -0.3 is 10.8 Å². The molecule has 0 aromatic heterocycles. The highest BCUT2D eigenvalue weighted by Crippen LogP contribution is 2.35. The Morgan fingerprint density at radius 2 is 1.85 bits per heavy atom. The standard InChI is InChI=1S/C15H14Cl2FNO/c16-10-4-1-3-9(7-10)12(8-19)15(20)11-5-2-6-13(18)14(11)17/h1-7,12,15,20H,8,19H2. The summed E-state index contributed by atoms with van der Waals surface area (Å²) in [6.45, 7) is 0.189. The van der Waals surface area contributed by atoms with Crippen molar-refractivity contribution in [2.75, 3.05) is 6.54 Å². The SMILES string of the molecule is NCC(c1cccc(Cl)c1)C(O)c1cccc(F)c1Cl. The Balaban J connectivity index is 2.39. The maximum Gasteiger partial charge on any atom is 0.142 e. The Kier molecular flexibility index (Phi) is 5.00. The third-order valence-electron chi connectivity index (χ3n) is 3.21. The number of benzene rings is 2. The highest BCUT2D eigenvalue weighted by Gasteiger charge is 2.24. The van der Waals surface area contributed by atoms with Crippen LogP contribution in [0.3, 0.4) is 0 Å². The molecule has 0 aliphatic carbocycles. The largest absolute Gasteiger partial charge is 0.388 e. The number of aliphatic hydroxyl groups is 1. The summed E-state index contributed by atoms with van der Waals surface area (Å²) >= 11 is 11.9. The van der Waals surface area contributed by atoms with Crippen LogP contribution in [-0.4, -0.2) is 11.7 Å². The minimum absolute atomic E-state index is 0.0829. The zero-order valence-electron chi connectivity index (χ0n) is 10.6. The van der Waals surface area contributed by atoms with Gasteiger partial charge in [-0.25, -0.2) is 4.39 Å². The Labute approximate surface area is 126 Å². The van der Waals surface area contributed by atoms with E-state index < -0.39 is 17.8 Å². The quantitative estimate of drug-likeness (QED) is 0.899. The van der Waals surface area contributed by atoms with Gasteiger partial charge in [-0.15, -0.1) is 0 Å². The van der Waals surface area contributed by atoms with Crippen LogP contribution < -0.4 is 5.73 Å². The fourth-order valence-electron chi connectivity index (χ4n) is 2.15. The minimum atomic E-state index is -0.998. The average molecular weight is 314 g/mol. The van der Waals surface area contributed by atoms with E-state index in [1.165, 1.54) is 12.1 Å². The summed E-state index contributed by atoms with van der Waals surface area (Å²) in [5.74, 6) is -0.974. The lowest BCUT2D eigenvalue weighted by Crippen LogP contribution is -2.20. The number of aliphatic hydroxyl groups excluding tert-OH is 1. The molecule has 0 heterocycles. The molecule has 0 aliphatic rings. The molecule has 2 unspecified atom stereocenters. The summed E-state index contributed by atoms with van der Waals surface area (Å²) in [6, 6.07) is 11.4. The molecule has 0 amide bonds. The first-order valence-corrected chi connectivity index (χ1v) is 6.87. The monoisotopic (exact) mass is 313 g/mol. The Hall–Kier alpha value is -1.13. The Bertz CT molecular complexity index is 606. The lowest BCUT2D eigenvalue weighted by Gasteiger charge is -2.23. The minimum Gasteiger partial charge on any atom is -0.388 e. The van der Waals surface area contributed by atoms with Crippen LogP contribution in [0.4, 0.5) is 4.39 Å². The van der Waals surface area contributed by atoms with E-state index in [0.717, 1.165) is 5.56 Å². The summed E-state index contributed by atoms with van der Waals surface area (Å²) in [5, 5.41) is 10.9. The molecule has 0 bridgehead atoms. The maximum atomic E-state index is 13.5. The van der Waals surface area contributed by atoms with E-state index in [4.69, 9.17) is 28.9 Å². The molecule has 2 rings (SSSR count). The molecule has 106 valence electrons. The van der Waals surface area contributed by atoms with Gasteiger partial charge in [0.1, 0.15) is 5.82 Å². The van der Waals surface area contributed by atoms with Crippen molar-refractivity contribution in [3.05, 3.63) is 69.5 Å². The predicted molar refractivity (Wildman–Crippen MR) is 79.6 cm³/mol. The van der Waals surface area contributed by atoms with E-state index in [2.05, 4.69) is 0 Å². The third-order valence-corrected chi connectivity index (χ3v) is 3.85. The molecule has 2 aromatic carbocycles. The molecule has 0 saturated heterocycles. The normalized spacial score (nSPS) is 14.1. The molecule has 0 fully saturated rings. The van der Waals surface area contributed by atoms with E-state index in [1.54, 1.807) is 24.3 Å². The number of rotatable bonds is 4. The average Bonchev–Trinajstić information content (AvgIpc) is 2.42. The third kappa shape index (κ3) is 3.13. The first kappa shape index (κ1) is 15.3. The highest BCUT2D eigenvalue weighted by molar-refractivity contribution is 6.31. The van der Waals surface area contributed by atoms with Crippen molar-refractivity contribution < 1.29 is 9.50 Å². The van der Waals surface area contributed by atoms with Gasteiger partial charge in [0.2, 0.25) is 0 Å². The zero-order chi connectivity index (χ0) is 14.7. The van der Waals surface area contributed by atoms with Crippen LogP contribution in [0.15, 0.2) is 42.5 Å². The van der Waals surface area contributed by atoms with E-state index in [1.807, 2.05) is 6.07 Å². The van der Waals surface area contributed by atoms with Crippen molar-refractivity contribution in [1.29, 1.82) is 0 Å². The Morgan fingerprint density at radius 3 is 2.50 bits per heavy atom. The van der Waals surface area contributed by atoms with Crippen molar-refractivity contribution in [2.45, 2.75) is 12.0 Å². The van der Waals surface area contributed by atoms with Gasteiger partial charge in [-0.3, -0.25) is 0 Å². The topological polar surface area (TPSA) is 46.2 Å². The van der Waals surface area contributed by atoms with Crippen LogP contribution >= 0.6 is 23.2 Å². The second kappa shape index (κ2) is 6.55. The second-order valence-electron chi connectivity index (χ2n) is 4.49. The lowest BCUT2D eigenvalue weighted by molar-refractivity contribution is 0.147. The van der Waals surface area contributed by atoms with Gasteiger partial charge in [0, 0.05) is 23.0 Å². The molecule has 3 N–H and O–H groups in total. The molecule has 0 radical (unpaired) electrons. The van der Waals surface area contributed by atoms with Crippen LogP contribution in [0.5, 0.6) is 0 Å². The molecule has 2 aromatic rings. The van der Waals surface area contributed by atoms with Gasteiger partial charge in [-0.1, -0.05) is 47.5 Å². The zero-order valence-corrected chi connectivity index (χ0v) is 12.1. The van der Waals surface area contributed by atoms with Gasteiger partial charge in [0.25, 0.3) is 0 Å². The molecule has 0 aliphatic heterocycles. The number of halogens is 3. The lowest BCUT2D eigenvalue weighted by atomic mass is 9.89. The molecular weight excluding hydrogens is 300 g/mol. The summed E-state index contributed by atoms with van der Waals surface area (Å²) < 4.78 is 13.5. The van der Waals surface area contributed by atoms with Crippen molar-refractivity contribution in [2.24, 2.45) is 5.73 Å². The molecule has 5 heteroatoms. The smallest absolute Gasteiger partial charge is 0.142 e. The van der Waals surface area contributed by atoms with Gasteiger partial charge in [-0.2, -0.15) is 0 Å². The molecule has 0 saturated carbocycles. The van der Waals surface area contributed by atoms with E-state index in [0.29, 0.717) is 10.6 Å². The van der Waals surface area contributed by atoms with Crippen LogP contribution in [0.25, 0.3) is 0 Å². The van der Waals surface area contributed by atoms with E-state index in [9.17, 15) is 9.50 Å². The molecule has 2 nitrogen and oxygen atoms in total. The van der Waals surface area contributed by atoms with Gasteiger partial charge in [-0.05, 0) is 23.8 Å². The summed E-state index contributed by atoms with van der Waals surface area (Å²) in [7, 11) is 0. The van der Waals surface area contributed by atoms with E-state index >= 15 is 0 Å². The fraction of sp³-hybridized carbons (Fsp3) is 0.200. The molecule has 20 heavy (non-hydrogen) atoms. The Morgan fingerprint density at radius 1 is 1.15 bits per heavy atom. The van der Waals surface area contributed by atoms with Crippen molar-refractivity contribution in [3.63, 3.8) is 0 Å². The fourth-order valence-corrected chi connectivity index (χ4v) is 2.59. The molecule has 0 spiro atoms. The predicted octanol–water partition coefficient (Wildman–Crippen LogP) is 3.91. The van der Waals surface area contributed by atoms with Crippen molar-refractivity contribution >= 4 is 23.2 Å². The number of hydrogen-bond donors (Lipinski definition) is 2. The van der Waals surface area contributed by atoms with Crippen molar-refractivity contribution in [1.82, 2.24) is 0 Å². The summed E-state index contributed by atoms with van der Waals surface area (Å²) in [4.78, 5) is 0. The molecule has 2 atom stereocenters. The van der Waals surface area contributed by atoms with Crippen LogP contribution in [0.1, 0.15) is 23.1 Å². The van der Waals surface area contributed by atoms with Gasteiger partial charge in [0.05, 0.1) is 11.1 Å². The van der Waals surface area contributed by atoms with Gasteiger partial charge in [0.15, 0.2) is 0 Å². The second-order valence-corrected chi connectivity index (χ2v) is 5.30. The summed E-state index contributed by atoms with van der Waals surface area (Å²) in [5.41, 5.74) is 6.85. The first-order chi connectivity index (χ1) is 9.54. The number of nitrogens with two attached hydrogens (primary N) is 1. The van der Waals surface area contributed by atoms with Crippen molar-refractivity contribution in [3.8, 4) is 0 Å². The highest BCUT2D eigenvalue weighted by atomic mass is 35.5. The van der Waals surface area contributed by atoms with E-state index in [-0.39, 0.29) is 11.6 Å². The first-order valence-electron chi connectivity index (χ1n) is 6.12. The number of hydrogen-bond acceptors (Lipinski definition) is 2. The van der Waals surface area contributed by atoms with Gasteiger partial charge >= 0.3 is 0 Å².